The Hall–Kier alpha value is -0.390. The van der Waals surface area contributed by atoms with Crippen molar-refractivity contribution in [1.29, 1.82) is 0 Å². The molecule has 1 aromatic carbocycles. The molecule has 0 spiro atoms. The second-order valence-corrected chi connectivity index (χ2v) is 7.73. The molecule has 0 aromatic heterocycles. The standard InChI is InChI=1S/C14H22BrNO2S/c1-4-11(3)14(16-5-2)10-19(17,18)13-8-6-12(15)7-9-13/h6-9,11,14,16H,4-5,10H2,1-3H3. The molecule has 2 unspecified atom stereocenters. The summed E-state index contributed by atoms with van der Waals surface area (Å²) >= 11 is 3.32. The Kier molecular flexibility index (Phi) is 6.50. The normalized spacial score (nSPS) is 15.2. The van der Waals surface area contributed by atoms with E-state index >= 15 is 0 Å². The summed E-state index contributed by atoms with van der Waals surface area (Å²) in [6.45, 7) is 6.96. The van der Waals surface area contributed by atoms with Gasteiger partial charge in [0.1, 0.15) is 0 Å². The number of rotatable bonds is 7. The number of halogens is 1. The second-order valence-electron chi connectivity index (χ2n) is 4.79. The SMILES string of the molecule is CCNC(CS(=O)(=O)c1ccc(Br)cc1)C(C)CC. The molecule has 0 amide bonds. The predicted octanol–water partition coefficient (Wildman–Crippen LogP) is 3.25. The van der Waals surface area contributed by atoms with Crippen LogP contribution in [0.5, 0.6) is 0 Å². The molecule has 1 N–H and O–H groups in total. The fourth-order valence-electron chi connectivity index (χ4n) is 1.95. The summed E-state index contributed by atoms with van der Waals surface area (Å²) in [6, 6.07) is 6.83. The zero-order valence-corrected chi connectivity index (χ0v) is 14.1. The third-order valence-corrected chi connectivity index (χ3v) is 5.69. The smallest absolute Gasteiger partial charge is 0.179 e. The highest BCUT2D eigenvalue weighted by atomic mass is 79.9. The average Bonchev–Trinajstić information content (AvgIpc) is 2.37. The highest BCUT2D eigenvalue weighted by Gasteiger charge is 2.24. The minimum Gasteiger partial charge on any atom is -0.313 e. The van der Waals surface area contributed by atoms with Crippen LogP contribution < -0.4 is 5.32 Å². The summed E-state index contributed by atoms with van der Waals surface area (Å²) in [5, 5.41) is 3.28. The first-order chi connectivity index (χ1) is 8.90. The van der Waals surface area contributed by atoms with Gasteiger partial charge in [-0.05, 0) is 36.7 Å². The lowest BCUT2D eigenvalue weighted by molar-refractivity contribution is 0.398. The van der Waals surface area contributed by atoms with Crippen molar-refractivity contribution in [2.24, 2.45) is 5.92 Å². The van der Waals surface area contributed by atoms with Crippen molar-refractivity contribution >= 4 is 25.8 Å². The molecule has 0 aliphatic heterocycles. The average molecular weight is 348 g/mol. The maximum absolute atomic E-state index is 12.4. The molecule has 0 bridgehead atoms. The zero-order valence-electron chi connectivity index (χ0n) is 11.7. The van der Waals surface area contributed by atoms with Gasteiger partial charge in [-0.15, -0.1) is 0 Å². The first kappa shape index (κ1) is 16.7. The quantitative estimate of drug-likeness (QED) is 0.823. The predicted molar refractivity (Wildman–Crippen MR) is 83.1 cm³/mol. The molecule has 0 saturated heterocycles. The lowest BCUT2D eigenvalue weighted by atomic mass is 10.0. The van der Waals surface area contributed by atoms with Gasteiger partial charge in [-0.25, -0.2) is 8.42 Å². The van der Waals surface area contributed by atoms with Crippen molar-refractivity contribution in [3.05, 3.63) is 28.7 Å². The molecule has 3 nitrogen and oxygen atoms in total. The van der Waals surface area contributed by atoms with Crippen molar-refractivity contribution in [1.82, 2.24) is 5.32 Å². The van der Waals surface area contributed by atoms with Gasteiger partial charge in [0, 0.05) is 10.5 Å². The number of sulfone groups is 1. The topological polar surface area (TPSA) is 46.2 Å². The van der Waals surface area contributed by atoms with E-state index in [0.29, 0.717) is 10.8 Å². The van der Waals surface area contributed by atoms with Gasteiger partial charge >= 0.3 is 0 Å². The molecule has 5 heteroatoms. The Morgan fingerprint density at radius 3 is 2.26 bits per heavy atom. The molecule has 0 aliphatic carbocycles. The van der Waals surface area contributed by atoms with Crippen molar-refractivity contribution in [2.75, 3.05) is 12.3 Å². The molecule has 19 heavy (non-hydrogen) atoms. The fraction of sp³-hybridized carbons (Fsp3) is 0.571. The van der Waals surface area contributed by atoms with Crippen LogP contribution in [0.4, 0.5) is 0 Å². The fourth-order valence-corrected chi connectivity index (χ4v) is 3.87. The summed E-state index contributed by atoms with van der Waals surface area (Å²) in [7, 11) is -3.24. The third kappa shape index (κ3) is 4.89. The first-order valence-corrected chi connectivity index (χ1v) is 9.07. The Labute approximate surface area is 124 Å². The van der Waals surface area contributed by atoms with E-state index in [-0.39, 0.29) is 11.8 Å². The van der Waals surface area contributed by atoms with Crippen molar-refractivity contribution in [3.8, 4) is 0 Å². The Morgan fingerprint density at radius 2 is 1.79 bits per heavy atom. The van der Waals surface area contributed by atoms with Gasteiger partial charge in [0.05, 0.1) is 10.6 Å². The Balaban J connectivity index is 2.90. The van der Waals surface area contributed by atoms with Crippen LogP contribution >= 0.6 is 15.9 Å². The Morgan fingerprint density at radius 1 is 1.21 bits per heavy atom. The van der Waals surface area contributed by atoms with Gasteiger partial charge in [0.2, 0.25) is 0 Å². The molecule has 0 heterocycles. The molecule has 0 radical (unpaired) electrons. The number of hydrogen-bond donors (Lipinski definition) is 1. The molecule has 0 fully saturated rings. The van der Waals surface area contributed by atoms with Crippen LogP contribution in [0.2, 0.25) is 0 Å². The molecular weight excluding hydrogens is 326 g/mol. The molecule has 0 aliphatic rings. The van der Waals surface area contributed by atoms with Crippen molar-refractivity contribution in [2.45, 2.75) is 38.1 Å². The summed E-state index contributed by atoms with van der Waals surface area (Å²) in [4.78, 5) is 0.391. The number of hydrogen-bond acceptors (Lipinski definition) is 3. The highest BCUT2D eigenvalue weighted by molar-refractivity contribution is 9.10. The van der Waals surface area contributed by atoms with Crippen molar-refractivity contribution < 1.29 is 8.42 Å². The lowest BCUT2D eigenvalue weighted by Crippen LogP contribution is -2.40. The van der Waals surface area contributed by atoms with E-state index in [0.717, 1.165) is 17.4 Å². The molecule has 0 saturated carbocycles. The number of nitrogens with one attached hydrogen (secondary N) is 1. The molecule has 108 valence electrons. The van der Waals surface area contributed by atoms with E-state index in [4.69, 9.17) is 0 Å². The van der Waals surface area contributed by atoms with Crippen LogP contribution in [0.3, 0.4) is 0 Å². The summed E-state index contributed by atoms with van der Waals surface area (Å²) < 4.78 is 25.7. The summed E-state index contributed by atoms with van der Waals surface area (Å²) in [5.41, 5.74) is 0. The van der Waals surface area contributed by atoms with E-state index in [1.807, 2.05) is 6.92 Å². The van der Waals surface area contributed by atoms with Crippen molar-refractivity contribution in [3.63, 3.8) is 0 Å². The third-order valence-electron chi connectivity index (χ3n) is 3.37. The van der Waals surface area contributed by atoms with Crippen LogP contribution in [-0.4, -0.2) is 26.8 Å². The maximum Gasteiger partial charge on any atom is 0.179 e. The van der Waals surface area contributed by atoms with E-state index in [1.54, 1.807) is 24.3 Å². The molecule has 1 rings (SSSR count). The number of benzene rings is 1. The van der Waals surface area contributed by atoms with Gasteiger partial charge in [-0.2, -0.15) is 0 Å². The highest BCUT2D eigenvalue weighted by Crippen LogP contribution is 2.19. The first-order valence-electron chi connectivity index (χ1n) is 6.62. The summed E-state index contributed by atoms with van der Waals surface area (Å²) in [5.74, 6) is 0.488. The van der Waals surface area contributed by atoms with E-state index in [1.165, 1.54) is 0 Å². The van der Waals surface area contributed by atoms with E-state index in [9.17, 15) is 8.42 Å². The lowest BCUT2D eigenvalue weighted by Gasteiger charge is -2.23. The maximum atomic E-state index is 12.4. The van der Waals surface area contributed by atoms with Gasteiger partial charge in [0.25, 0.3) is 0 Å². The van der Waals surface area contributed by atoms with Crippen LogP contribution in [0.1, 0.15) is 27.2 Å². The van der Waals surface area contributed by atoms with Crippen LogP contribution in [0.15, 0.2) is 33.6 Å². The minimum absolute atomic E-state index is 0.00338. The van der Waals surface area contributed by atoms with Gasteiger partial charge < -0.3 is 5.32 Å². The van der Waals surface area contributed by atoms with Crippen LogP contribution in [-0.2, 0) is 9.84 Å². The largest absolute Gasteiger partial charge is 0.313 e. The van der Waals surface area contributed by atoms with Gasteiger partial charge in [-0.1, -0.05) is 43.1 Å². The van der Waals surface area contributed by atoms with E-state index in [2.05, 4.69) is 35.1 Å². The zero-order chi connectivity index (χ0) is 14.5. The monoisotopic (exact) mass is 347 g/mol. The second kappa shape index (κ2) is 7.41. The van der Waals surface area contributed by atoms with Gasteiger partial charge in [-0.3, -0.25) is 0 Å². The molecular formula is C14H22BrNO2S. The Bertz CT molecular complexity index is 485. The molecule has 2 atom stereocenters. The summed E-state index contributed by atoms with van der Waals surface area (Å²) in [6.07, 6.45) is 0.966. The van der Waals surface area contributed by atoms with Gasteiger partial charge in [0.15, 0.2) is 9.84 Å². The minimum atomic E-state index is -3.24. The van der Waals surface area contributed by atoms with Crippen LogP contribution in [0, 0.1) is 5.92 Å². The van der Waals surface area contributed by atoms with Crippen LogP contribution in [0.25, 0.3) is 0 Å². The molecule has 1 aromatic rings. The van der Waals surface area contributed by atoms with E-state index < -0.39 is 9.84 Å².